The lowest BCUT2D eigenvalue weighted by molar-refractivity contribution is -0.137. The zero-order chi connectivity index (χ0) is 12.7. The molecule has 0 saturated carbocycles. The minimum atomic E-state index is -0.761. The number of benzene rings is 1. The van der Waals surface area contributed by atoms with Gasteiger partial charge in [-0.3, -0.25) is 4.79 Å². The van der Waals surface area contributed by atoms with Gasteiger partial charge in [0.25, 0.3) is 0 Å². The van der Waals surface area contributed by atoms with Gasteiger partial charge in [-0.05, 0) is 30.4 Å². The SMILES string of the molecule is COc1ccc(OC)c(SCCCC(=O)O)c1. The van der Waals surface area contributed by atoms with E-state index < -0.39 is 5.97 Å². The van der Waals surface area contributed by atoms with E-state index in [1.807, 2.05) is 18.2 Å². The number of hydrogen-bond donors (Lipinski definition) is 1. The molecular formula is C12H16O4S. The van der Waals surface area contributed by atoms with Crippen LogP contribution in [-0.4, -0.2) is 31.0 Å². The quantitative estimate of drug-likeness (QED) is 0.600. The van der Waals surface area contributed by atoms with Crippen LogP contribution in [0.25, 0.3) is 0 Å². The van der Waals surface area contributed by atoms with Gasteiger partial charge < -0.3 is 14.6 Å². The fraction of sp³-hybridized carbons (Fsp3) is 0.417. The van der Waals surface area contributed by atoms with E-state index in [1.54, 1.807) is 26.0 Å². The molecule has 0 bridgehead atoms. The molecule has 1 rings (SSSR count). The standard InChI is InChI=1S/C12H16O4S/c1-15-9-5-6-10(16-2)11(8-9)17-7-3-4-12(13)14/h5-6,8H,3-4,7H2,1-2H3,(H,13,14). The summed E-state index contributed by atoms with van der Waals surface area (Å²) in [5.74, 6) is 1.54. The maximum Gasteiger partial charge on any atom is 0.303 e. The zero-order valence-electron chi connectivity index (χ0n) is 9.93. The van der Waals surface area contributed by atoms with Crippen molar-refractivity contribution in [3.63, 3.8) is 0 Å². The first kappa shape index (κ1) is 13.7. The van der Waals surface area contributed by atoms with Gasteiger partial charge in [0.05, 0.1) is 19.1 Å². The van der Waals surface area contributed by atoms with Crippen molar-refractivity contribution in [1.82, 2.24) is 0 Å². The first-order chi connectivity index (χ1) is 8.17. The Morgan fingerprint density at radius 2 is 2.12 bits per heavy atom. The zero-order valence-corrected chi connectivity index (χ0v) is 10.8. The second-order valence-corrected chi connectivity index (χ2v) is 4.50. The number of rotatable bonds is 7. The highest BCUT2D eigenvalue weighted by molar-refractivity contribution is 7.99. The number of carbonyl (C=O) groups is 1. The van der Waals surface area contributed by atoms with Crippen molar-refractivity contribution in [3.8, 4) is 11.5 Å². The largest absolute Gasteiger partial charge is 0.497 e. The van der Waals surface area contributed by atoms with Crippen LogP contribution < -0.4 is 9.47 Å². The summed E-state index contributed by atoms with van der Waals surface area (Å²) in [6.07, 6.45) is 0.833. The van der Waals surface area contributed by atoms with Gasteiger partial charge in [0.2, 0.25) is 0 Å². The third-order valence-corrected chi connectivity index (χ3v) is 3.29. The Morgan fingerprint density at radius 1 is 1.35 bits per heavy atom. The Kier molecular flexibility index (Phi) is 5.69. The van der Waals surface area contributed by atoms with E-state index in [4.69, 9.17) is 14.6 Å². The van der Waals surface area contributed by atoms with Crippen LogP contribution in [-0.2, 0) is 4.79 Å². The second-order valence-electron chi connectivity index (χ2n) is 3.36. The smallest absolute Gasteiger partial charge is 0.303 e. The van der Waals surface area contributed by atoms with Crippen LogP contribution in [0.5, 0.6) is 11.5 Å². The average Bonchev–Trinajstić information content (AvgIpc) is 2.34. The van der Waals surface area contributed by atoms with E-state index >= 15 is 0 Å². The summed E-state index contributed by atoms with van der Waals surface area (Å²) in [7, 11) is 3.23. The molecule has 17 heavy (non-hydrogen) atoms. The Bertz CT molecular complexity index is 379. The highest BCUT2D eigenvalue weighted by Gasteiger charge is 2.06. The van der Waals surface area contributed by atoms with Gasteiger partial charge in [0, 0.05) is 6.42 Å². The molecule has 0 spiro atoms. The molecule has 0 unspecified atom stereocenters. The Morgan fingerprint density at radius 3 is 2.71 bits per heavy atom. The minimum Gasteiger partial charge on any atom is -0.497 e. The molecule has 1 aromatic carbocycles. The van der Waals surface area contributed by atoms with Crippen molar-refractivity contribution in [2.24, 2.45) is 0 Å². The molecule has 1 N–H and O–H groups in total. The molecule has 0 atom stereocenters. The molecule has 0 aliphatic heterocycles. The normalized spacial score (nSPS) is 10.0. The van der Waals surface area contributed by atoms with Gasteiger partial charge >= 0.3 is 5.97 Å². The van der Waals surface area contributed by atoms with Crippen LogP contribution in [0, 0.1) is 0 Å². The number of hydrogen-bond acceptors (Lipinski definition) is 4. The van der Waals surface area contributed by atoms with Gasteiger partial charge in [-0.15, -0.1) is 11.8 Å². The summed E-state index contributed by atoms with van der Waals surface area (Å²) in [6, 6.07) is 5.57. The van der Waals surface area contributed by atoms with E-state index in [0.717, 1.165) is 22.1 Å². The number of thioether (sulfide) groups is 1. The number of aliphatic carboxylic acids is 1. The minimum absolute atomic E-state index is 0.194. The fourth-order valence-electron chi connectivity index (χ4n) is 1.30. The number of carboxylic acid groups (broad SMARTS) is 1. The molecule has 1 aromatic rings. The monoisotopic (exact) mass is 256 g/mol. The number of ether oxygens (including phenoxy) is 2. The lowest BCUT2D eigenvalue weighted by Gasteiger charge is -2.09. The van der Waals surface area contributed by atoms with Crippen molar-refractivity contribution in [2.75, 3.05) is 20.0 Å². The Balaban J connectivity index is 2.58. The van der Waals surface area contributed by atoms with E-state index in [2.05, 4.69) is 0 Å². The van der Waals surface area contributed by atoms with Crippen LogP contribution in [0.3, 0.4) is 0 Å². The first-order valence-electron chi connectivity index (χ1n) is 5.24. The van der Waals surface area contributed by atoms with Crippen LogP contribution >= 0.6 is 11.8 Å². The molecule has 0 aromatic heterocycles. The molecule has 0 amide bonds. The van der Waals surface area contributed by atoms with Crippen LogP contribution in [0.2, 0.25) is 0 Å². The molecule has 0 saturated heterocycles. The van der Waals surface area contributed by atoms with Gasteiger partial charge in [-0.1, -0.05) is 0 Å². The predicted octanol–water partition coefficient (Wildman–Crippen LogP) is 2.66. The van der Waals surface area contributed by atoms with Crippen molar-refractivity contribution >= 4 is 17.7 Å². The summed E-state index contributed by atoms with van der Waals surface area (Å²) < 4.78 is 10.4. The van der Waals surface area contributed by atoms with Gasteiger partial charge in [0.1, 0.15) is 11.5 Å². The van der Waals surface area contributed by atoms with Crippen molar-refractivity contribution in [2.45, 2.75) is 17.7 Å². The van der Waals surface area contributed by atoms with Gasteiger partial charge in [-0.2, -0.15) is 0 Å². The molecule has 0 aliphatic carbocycles. The molecule has 4 nitrogen and oxygen atoms in total. The highest BCUT2D eigenvalue weighted by Crippen LogP contribution is 2.33. The summed E-state index contributed by atoms with van der Waals surface area (Å²) in [5, 5.41) is 8.54. The molecule has 94 valence electrons. The van der Waals surface area contributed by atoms with Gasteiger partial charge in [-0.25, -0.2) is 0 Å². The van der Waals surface area contributed by atoms with Crippen molar-refractivity contribution < 1.29 is 19.4 Å². The fourth-order valence-corrected chi connectivity index (χ4v) is 2.30. The highest BCUT2D eigenvalue weighted by atomic mass is 32.2. The van der Waals surface area contributed by atoms with Crippen LogP contribution in [0.15, 0.2) is 23.1 Å². The van der Waals surface area contributed by atoms with E-state index in [-0.39, 0.29) is 6.42 Å². The molecular weight excluding hydrogens is 240 g/mol. The topological polar surface area (TPSA) is 55.8 Å². The molecule has 0 fully saturated rings. The van der Waals surface area contributed by atoms with Crippen molar-refractivity contribution in [1.29, 1.82) is 0 Å². The van der Waals surface area contributed by atoms with Gasteiger partial charge in [0.15, 0.2) is 0 Å². The van der Waals surface area contributed by atoms with E-state index in [0.29, 0.717) is 6.42 Å². The van der Waals surface area contributed by atoms with E-state index in [1.165, 1.54) is 0 Å². The predicted molar refractivity (Wildman–Crippen MR) is 67.1 cm³/mol. The first-order valence-corrected chi connectivity index (χ1v) is 6.22. The maximum atomic E-state index is 10.4. The number of methoxy groups -OCH3 is 2. The number of carboxylic acids is 1. The van der Waals surface area contributed by atoms with Crippen LogP contribution in [0.1, 0.15) is 12.8 Å². The average molecular weight is 256 g/mol. The van der Waals surface area contributed by atoms with Crippen LogP contribution in [0.4, 0.5) is 0 Å². The molecule has 0 radical (unpaired) electrons. The summed E-state index contributed by atoms with van der Waals surface area (Å²) in [5.41, 5.74) is 0. The van der Waals surface area contributed by atoms with Crippen molar-refractivity contribution in [3.05, 3.63) is 18.2 Å². The van der Waals surface area contributed by atoms with E-state index in [9.17, 15) is 4.79 Å². The second kappa shape index (κ2) is 7.06. The lowest BCUT2D eigenvalue weighted by Crippen LogP contribution is -1.95. The third kappa shape index (κ3) is 4.56. The molecule has 0 aliphatic rings. The third-order valence-electron chi connectivity index (χ3n) is 2.16. The Labute approximate surface area is 105 Å². The molecule has 5 heteroatoms. The summed E-state index contributed by atoms with van der Waals surface area (Å²) in [4.78, 5) is 11.3. The lowest BCUT2D eigenvalue weighted by atomic mass is 10.3. The Hall–Kier alpha value is -1.36. The molecule has 0 heterocycles. The maximum absolute atomic E-state index is 10.4. The summed E-state index contributed by atoms with van der Waals surface area (Å²) in [6.45, 7) is 0. The summed E-state index contributed by atoms with van der Waals surface area (Å²) >= 11 is 1.57.